The normalized spacial score (nSPS) is 17.6. The Hall–Kier alpha value is -1.39. The van der Waals surface area contributed by atoms with Crippen LogP contribution >= 0.6 is 0 Å². The van der Waals surface area contributed by atoms with Crippen LogP contribution in [-0.4, -0.2) is 54.1 Å². The third-order valence-corrected chi connectivity index (χ3v) is 2.24. The van der Waals surface area contributed by atoms with Crippen LogP contribution in [-0.2, 0) is 14.4 Å². The number of amides is 2. The van der Waals surface area contributed by atoms with E-state index in [1.54, 1.807) is 14.0 Å². The maximum Gasteiger partial charge on any atom is 0.243 e. The van der Waals surface area contributed by atoms with Crippen LogP contribution in [0.15, 0.2) is 0 Å². The summed E-state index contributed by atoms with van der Waals surface area (Å²) in [4.78, 5) is 36.4. The van der Waals surface area contributed by atoms with E-state index in [1.807, 2.05) is 0 Å². The van der Waals surface area contributed by atoms with Gasteiger partial charge in [0, 0.05) is 13.5 Å². The smallest absolute Gasteiger partial charge is 0.243 e. The van der Waals surface area contributed by atoms with E-state index in [4.69, 9.17) is 0 Å². The lowest BCUT2D eigenvalue weighted by atomic mass is 10.2. The van der Waals surface area contributed by atoms with Crippen LogP contribution in [0.3, 0.4) is 0 Å². The molecule has 5 nitrogen and oxygen atoms in total. The maximum atomic E-state index is 11.4. The van der Waals surface area contributed by atoms with Crippen molar-refractivity contribution in [3.05, 3.63) is 0 Å². The molecule has 1 saturated heterocycles. The largest absolute Gasteiger partial charge is 0.335 e. The first-order valence-corrected chi connectivity index (χ1v) is 4.58. The third-order valence-electron chi connectivity index (χ3n) is 2.24. The number of piperazine rings is 1. The summed E-state index contributed by atoms with van der Waals surface area (Å²) in [5.41, 5.74) is 0. The number of rotatable bonds is 3. The highest BCUT2D eigenvalue weighted by molar-refractivity contribution is 5.95. The number of ketones is 1. The van der Waals surface area contributed by atoms with Gasteiger partial charge in [-0.2, -0.15) is 0 Å². The fourth-order valence-corrected chi connectivity index (χ4v) is 1.23. The molecule has 0 unspecified atom stereocenters. The fourth-order valence-electron chi connectivity index (χ4n) is 1.23. The highest BCUT2D eigenvalue weighted by Gasteiger charge is 2.28. The zero-order valence-electron chi connectivity index (χ0n) is 8.45. The van der Waals surface area contributed by atoms with Crippen LogP contribution in [0.25, 0.3) is 0 Å². The molecular formula is C9H14N2O3. The van der Waals surface area contributed by atoms with Gasteiger partial charge in [-0.05, 0) is 0 Å². The monoisotopic (exact) mass is 198 g/mol. The number of Topliss-reactive ketones (excluding diaryl/α,β-unsaturated/α-hetero) is 1. The molecule has 2 amide bonds. The molecule has 1 rings (SSSR count). The summed E-state index contributed by atoms with van der Waals surface area (Å²) in [6, 6.07) is 0. The summed E-state index contributed by atoms with van der Waals surface area (Å²) in [6.45, 7) is 1.91. The number of nitrogens with zero attached hydrogens (tertiary/aromatic N) is 2. The van der Waals surface area contributed by atoms with E-state index in [0.717, 1.165) is 0 Å². The summed E-state index contributed by atoms with van der Waals surface area (Å²) < 4.78 is 0. The van der Waals surface area contributed by atoms with Crippen LogP contribution in [0.4, 0.5) is 0 Å². The molecule has 0 saturated carbocycles. The Morgan fingerprint density at radius 2 is 1.93 bits per heavy atom. The molecule has 1 fully saturated rings. The van der Waals surface area contributed by atoms with Gasteiger partial charge >= 0.3 is 0 Å². The van der Waals surface area contributed by atoms with Crippen LogP contribution < -0.4 is 0 Å². The minimum absolute atomic E-state index is 0.0179. The molecule has 0 aliphatic carbocycles. The molecule has 5 heteroatoms. The lowest BCUT2D eigenvalue weighted by Crippen LogP contribution is -2.53. The first-order chi connectivity index (χ1) is 6.54. The van der Waals surface area contributed by atoms with Crippen molar-refractivity contribution >= 4 is 17.6 Å². The first-order valence-electron chi connectivity index (χ1n) is 4.58. The Kier molecular flexibility index (Phi) is 3.22. The van der Waals surface area contributed by atoms with Gasteiger partial charge < -0.3 is 9.80 Å². The quantitative estimate of drug-likeness (QED) is 0.600. The third kappa shape index (κ3) is 2.31. The summed E-state index contributed by atoms with van der Waals surface area (Å²) in [6.07, 6.45) is 0.397. The van der Waals surface area contributed by atoms with Gasteiger partial charge in [-0.15, -0.1) is 0 Å². The highest BCUT2D eigenvalue weighted by Crippen LogP contribution is 2.02. The SMILES string of the molecule is CCC(=O)CN1CC(=O)N(C)CC1=O. The zero-order valence-corrected chi connectivity index (χ0v) is 8.45. The van der Waals surface area contributed by atoms with Crippen molar-refractivity contribution in [1.29, 1.82) is 0 Å². The van der Waals surface area contributed by atoms with Crippen LogP contribution in [0, 0.1) is 0 Å². The molecule has 0 N–H and O–H groups in total. The van der Waals surface area contributed by atoms with Crippen LogP contribution in [0.5, 0.6) is 0 Å². The summed E-state index contributed by atoms with van der Waals surface area (Å²) in [5, 5.41) is 0. The molecule has 1 aliphatic rings. The van der Waals surface area contributed by atoms with Crippen molar-refractivity contribution in [3.8, 4) is 0 Å². The number of carbonyl (C=O) groups excluding carboxylic acids is 3. The van der Waals surface area contributed by atoms with E-state index in [1.165, 1.54) is 9.80 Å². The Bertz CT molecular complexity index is 273. The van der Waals surface area contributed by atoms with Gasteiger partial charge in [0.1, 0.15) is 6.54 Å². The minimum atomic E-state index is -0.158. The summed E-state index contributed by atoms with van der Waals surface area (Å²) in [5.74, 6) is -0.293. The van der Waals surface area contributed by atoms with E-state index < -0.39 is 0 Å². The second-order valence-corrected chi connectivity index (χ2v) is 3.39. The Morgan fingerprint density at radius 3 is 2.50 bits per heavy atom. The molecule has 0 aromatic carbocycles. The lowest BCUT2D eigenvalue weighted by molar-refractivity contribution is -0.150. The molecule has 0 radical (unpaired) electrons. The predicted octanol–water partition coefficient (Wildman–Crippen LogP) is -0.734. The van der Waals surface area contributed by atoms with Gasteiger partial charge in [-0.25, -0.2) is 0 Å². The fraction of sp³-hybridized carbons (Fsp3) is 0.667. The van der Waals surface area contributed by atoms with Crippen molar-refractivity contribution in [3.63, 3.8) is 0 Å². The molecule has 78 valence electrons. The average molecular weight is 198 g/mol. The molecular weight excluding hydrogens is 184 g/mol. The van der Waals surface area contributed by atoms with Gasteiger partial charge in [-0.1, -0.05) is 6.92 Å². The van der Waals surface area contributed by atoms with Crippen molar-refractivity contribution in [2.45, 2.75) is 13.3 Å². The molecule has 0 bridgehead atoms. The topological polar surface area (TPSA) is 57.7 Å². The zero-order chi connectivity index (χ0) is 10.7. The standard InChI is InChI=1S/C9H14N2O3/c1-3-7(12)4-11-6-8(13)10(2)5-9(11)14/h3-6H2,1-2H3. The molecule has 1 heterocycles. The minimum Gasteiger partial charge on any atom is -0.335 e. The molecule has 1 aliphatic heterocycles. The van der Waals surface area contributed by atoms with Gasteiger partial charge in [-0.3, -0.25) is 14.4 Å². The van der Waals surface area contributed by atoms with Gasteiger partial charge in [0.05, 0.1) is 13.1 Å². The molecule has 0 spiro atoms. The number of hydrogen-bond donors (Lipinski definition) is 0. The molecule has 0 atom stereocenters. The van der Waals surface area contributed by atoms with E-state index in [9.17, 15) is 14.4 Å². The van der Waals surface area contributed by atoms with Gasteiger partial charge in [0.15, 0.2) is 5.78 Å². The highest BCUT2D eigenvalue weighted by atomic mass is 16.2. The predicted molar refractivity (Wildman–Crippen MR) is 49.5 cm³/mol. The number of hydrogen-bond acceptors (Lipinski definition) is 3. The molecule has 0 aromatic heterocycles. The van der Waals surface area contributed by atoms with E-state index in [0.29, 0.717) is 6.42 Å². The van der Waals surface area contributed by atoms with Crippen molar-refractivity contribution < 1.29 is 14.4 Å². The maximum absolute atomic E-state index is 11.4. The van der Waals surface area contributed by atoms with Crippen molar-refractivity contribution in [2.24, 2.45) is 0 Å². The Morgan fingerprint density at radius 1 is 1.29 bits per heavy atom. The van der Waals surface area contributed by atoms with E-state index in [2.05, 4.69) is 0 Å². The lowest BCUT2D eigenvalue weighted by Gasteiger charge is -2.31. The molecule has 14 heavy (non-hydrogen) atoms. The summed E-state index contributed by atoms with van der Waals surface area (Å²) >= 11 is 0. The van der Waals surface area contributed by atoms with Crippen molar-refractivity contribution in [1.82, 2.24) is 9.80 Å². The average Bonchev–Trinajstić information content (AvgIpc) is 2.14. The second kappa shape index (κ2) is 4.21. The van der Waals surface area contributed by atoms with Crippen molar-refractivity contribution in [2.75, 3.05) is 26.7 Å². The second-order valence-electron chi connectivity index (χ2n) is 3.39. The Labute approximate surface area is 82.7 Å². The summed E-state index contributed by atoms with van der Waals surface area (Å²) in [7, 11) is 1.58. The van der Waals surface area contributed by atoms with Gasteiger partial charge in [0.2, 0.25) is 11.8 Å². The van der Waals surface area contributed by atoms with Gasteiger partial charge in [0.25, 0.3) is 0 Å². The first kappa shape index (κ1) is 10.7. The van der Waals surface area contributed by atoms with Crippen LogP contribution in [0.1, 0.15) is 13.3 Å². The van der Waals surface area contributed by atoms with Crippen LogP contribution in [0.2, 0.25) is 0 Å². The van der Waals surface area contributed by atoms with E-state index >= 15 is 0 Å². The number of likely N-dealkylation sites (N-methyl/N-ethyl adjacent to an activating group) is 1. The number of carbonyl (C=O) groups is 3. The van der Waals surface area contributed by atoms with E-state index in [-0.39, 0.29) is 37.2 Å². The Balaban J connectivity index is 2.57. The molecule has 0 aromatic rings.